The normalized spacial score (nSPS) is 12.2. The molecule has 0 spiro atoms. The maximum absolute atomic E-state index is 11.1. The van der Waals surface area contributed by atoms with Crippen molar-refractivity contribution in [2.75, 3.05) is 18.1 Å². The molecule has 0 saturated carbocycles. The second kappa shape index (κ2) is 7.88. The van der Waals surface area contributed by atoms with Crippen LogP contribution in [0.5, 0.6) is 0 Å². The smallest absolute Gasteiger partial charge is 0.334 e. The molecule has 0 bridgehead atoms. The quantitative estimate of drug-likeness (QED) is 0.519. The molecule has 2 N–H and O–H groups in total. The molecular formula is C10H19NO2S. The molecule has 0 fully saturated rings. The molecule has 0 heterocycles. The first-order chi connectivity index (χ1) is 6.61. The average Bonchev–Trinajstić information content (AvgIpc) is 2.17. The van der Waals surface area contributed by atoms with Crippen molar-refractivity contribution >= 4 is 17.7 Å². The predicted molar refractivity (Wildman–Crippen MR) is 61.4 cm³/mol. The number of carbonyl (C=O) groups is 1. The van der Waals surface area contributed by atoms with Gasteiger partial charge in [0, 0.05) is 23.1 Å². The van der Waals surface area contributed by atoms with Crippen molar-refractivity contribution in [3.05, 3.63) is 12.2 Å². The van der Waals surface area contributed by atoms with E-state index in [0.717, 1.165) is 12.2 Å². The summed E-state index contributed by atoms with van der Waals surface area (Å²) >= 11 is 1.62. The lowest BCUT2D eigenvalue weighted by Crippen LogP contribution is -2.22. The van der Waals surface area contributed by atoms with Gasteiger partial charge in [-0.1, -0.05) is 13.5 Å². The van der Waals surface area contributed by atoms with E-state index in [9.17, 15) is 4.79 Å². The zero-order valence-electron chi connectivity index (χ0n) is 8.91. The van der Waals surface area contributed by atoms with E-state index in [-0.39, 0.29) is 12.0 Å². The van der Waals surface area contributed by atoms with E-state index in [1.54, 1.807) is 18.7 Å². The van der Waals surface area contributed by atoms with Crippen molar-refractivity contribution in [1.29, 1.82) is 0 Å². The summed E-state index contributed by atoms with van der Waals surface area (Å²) in [5, 5.41) is 0. The zero-order valence-corrected chi connectivity index (χ0v) is 9.73. The highest BCUT2D eigenvalue weighted by Crippen LogP contribution is 2.09. The van der Waals surface area contributed by atoms with Crippen LogP contribution < -0.4 is 5.73 Å². The summed E-state index contributed by atoms with van der Waals surface area (Å²) in [7, 11) is 0. The fourth-order valence-corrected chi connectivity index (χ4v) is 1.76. The average molecular weight is 217 g/mol. The molecule has 1 atom stereocenters. The van der Waals surface area contributed by atoms with Gasteiger partial charge in [-0.25, -0.2) is 4.79 Å². The molecule has 0 aliphatic rings. The summed E-state index contributed by atoms with van der Waals surface area (Å²) in [6.45, 7) is 7.89. The minimum absolute atomic E-state index is 0.204. The number of carbonyl (C=O) groups excluding carboxylic acids is 1. The van der Waals surface area contributed by atoms with Crippen LogP contribution in [0.4, 0.5) is 0 Å². The summed E-state index contributed by atoms with van der Waals surface area (Å²) in [6, 6.07) is 0.204. The summed E-state index contributed by atoms with van der Waals surface area (Å²) in [5.74, 6) is 1.16. The van der Waals surface area contributed by atoms with Crippen molar-refractivity contribution < 1.29 is 9.53 Å². The highest BCUT2D eigenvalue weighted by atomic mass is 32.2. The molecule has 0 aromatic rings. The number of nitrogens with two attached hydrogens (primary N) is 1. The first kappa shape index (κ1) is 13.5. The fraction of sp³-hybridized carbons (Fsp3) is 0.700. The van der Waals surface area contributed by atoms with Crippen LogP contribution in [-0.2, 0) is 9.53 Å². The molecule has 0 aliphatic heterocycles. The zero-order chi connectivity index (χ0) is 11.0. The van der Waals surface area contributed by atoms with Gasteiger partial charge in [-0.05, 0) is 13.3 Å². The lowest BCUT2D eigenvalue weighted by atomic mass is 10.3. The van der Waals surface area contributed by atoms with Crippen molar-refractivity contribution in [3.8, 4) is 0 Å². The predicted octanol–water partition coefficient (Wildman–Crippen LogP) is 1.58. The second-order valence-corrected chi connectivity index (χ2v) is 4.04. The Kier molecular flexibility index (Phi) is 7.61. The first-order valence-corrected chi connectivity index (χ1v) is 5.95. The summed E-state index contributed by atoms with van der Waals surface area (Å²) in [4.78, 5) is 11.1. The Labute approximate surface area is 90.1 Å². The van der Waals surface area contributed by atoms with Gasteiger partial charge in [-0.15, -0.1) is 0 Å². The van der Waals surface area contributed by atoms with Crippen LogP contribution in [0.3, 0.4) is 0 Å². The highest BCUT2D eigenvalue weighted by molar-refractivity contribution is 7.99. The molecule has 0 radical (unpaired) electrons. The minimum Gasteiger partial charge on any atom is -0.463 e. The molecule has 0 amide bonds. The van der Waals surface area contributed by atoms with E-state index < -0.39 is 0 Å². The number of hydrogen-bond donors (Lipinski definition) is 1. The van der Waals surface area contributed by atoms with Gasteiger partial charge < -0.3 is 10.5 Å². The Bertz CT molecular complexity index is 195. The van der Waals surface area contributed by atoms with Crippen molar-refractivity contribution in [1.82, 2.24) is 0 Å². The van der Waals surface area contributed by atoms with E-state index in [4.69, 9.17) is 10.5 Å². The molecule has 0 rings (SSSR count). The maximum atomic E-state index is 11.1. The lowest BCUT2D eigenvalue weighted by molar-refractivity contribution is -0.138. The monoisotopic (exact) mass is 217 g/mol. The van der Waals surface area contributed by atoms with Gasteiger partial charge >= 0.3 is 5.97 Å². The Morgan fingerprint density at radius 1 is 1.57 bits per heavy atom. The number of hydrogen-bond acceptors (Lipinski definition) is 4. The number of rotatable bonds is 7. The van der Waals surface area contributed by atoms with Gasteiger partial charge in [-0.3, -0.25) is 0 Å². The van der Waals surface area contributed by atoms with Crippen LogP contribution in [0.2, 0.25) is 0 Å². The number of thioether (sulfide) groups is 1. The van der Waals surface area contributed by atoms with Crippen molar-refractivity contribution in [2.45, 2.75) is 26.3 Å². The van der Waals surface area contributed by atoms with Crippen LogP contribution in [0.1, 0.15) is 20.3 Å². The number of ether oxygens (including phenoxy) is 1. The standard InChI is InChI=1S/C10H19NO2S/c1-4-9(11)7-14-6-8(3)10(12)13-5-2/h9H,3-7,11H2,1-2H3. The van der Waals surface area contributed by atoms with Crippen LogP contribution in [0.15, 0.2) is 12.2 Å². The van der Waals surface area contributed by atoms with E-state index >= 15 is 0 Å². The summed E-state index contributed by atoms with van der Waals surface area (Å²) in [6.07, 6.45) is 0.957. The molecular weight excluding hydrogens is 198 g/mol. The van der Waals surface area contributed by atoms with Gasteiger partial charge in [0.2, 0.25) is 0 Å². The van der Waals surface area contributed by atoms with Crippen LogP contribution >= 0.6 is 11.8 Å². The Balaban J connectivity index is 3.58. The van der Waals surface area contributed by atoms with E-state index in [0.29, 0.717) is 17.9 Å². The molecule has 0 saturated heterocycles. The van der Waals surface area contributed by atoms with Gasteiger partial charge in [0.05, 0.1) is 6.61 Å². The van der Waals surface area contributed by atoms with Gasteiger partial charge in [0.1, 0.15) is 0 Å². The summed E-state index contributed by atoms with van der Waals surface area (Å²) in [5.41, 5.74) is 6.24. The summed E-state index contributed by atoms with van der Waals surface area (Å²) < 4.78 is 4.80. The molecule has 0 aliphatic carbocycles. The third-order valence-electron chi connectivity index (χ3n) is 1.70. The van der Waals surface area contributed by atoms with Crippen LogP contribution in [0, 0.1) is 0 Å². The van der Waals surface area contributed by atoms with Crippen LogP contribution in [-0.4, -0.2) is 30.1 Å². The maximum Gasteiger partial charge on any atom is 0.334 e. The molecule has 14 heavy (non-hydrogen) atoms. The van der Waals surface area contributed by atoms with Crippen molar-refractivity contribution in [2.24, 2.45) is 5.73 Å². The van der Waals surface area contributed by atoms with E-state index in [1.165, 1.54) is 0 Å². The SMILES string of the molecule is C=C(CSCC(N)CC)C(=O)OCC. The topological polar surface area (TPSA) is 52.3 Å². The lowest BCUT2D eigenvalue weighted by Gasteiger charge is -2.08. The minimum atomic E-state index is -0.301. The Morgan fingerprint density at radius 2 is 2.21 bits per heavy atom. The van der Waals surface area contributed by atoms with E-state index in [2.05, 4.69) is 6.58 Å². The molecule has 0 aromatic heterocycles. The highest BCUT2D eigenvalue weighted by Gasteiger charge is 2.08. The molecule has 0 aromatic carbocycles. The van der Waals surface area contributed by atoms with E-state index in [1.807, 2.05) is 6.92 Å². The van der Waals surface area contributed by atoms with Gasteiger partial charge in [0.15, 0.2) is 0 Å². The Hall–Kier alpha value is -0.480. The first-order valence-electron chi connectivity index (χ1n) is 4.80. The van der Waals surface area contributed by atoms with Gasteiger partial charge in [0.25, 0.3) is 0 Å². The largest absolute Gasteiger partial charge is 0.463 e. The second-order valence-electron chi connectivity index (χ2n) is 3.01. The molecule has 4 heteroatoms. The molecule has 1 unspecified atom stereocenters. The number of esters is 1. The van der Waals surface area contributed by atoms with Gasteiger partial charge in [-0.2, -0.15) is 11.8 Å². The third kappa shape index (κ3) is 6.05. The molecule has 3 nitrogen and oxygen atoms in total. The fourth-order valence-electron chi connectivity index (χ4n) is 0.743. The van der Waals surface area contributed by atoms with Crippen LogP contribution in [0.25, 0.3) is 0 Å². The van der Waals surface area contributed by atoms with Crippen molar-refractivity contribution in [3.63, 3.8) is 0 Å². The molecule has 82 valence electrons. The Morgan fingerprint density at radius 3 is 2.71 bits per heavy atom. The third-order valence-corrected chi connectivity index (χ3v) is 2.91.